The summed E-state index contributed by atoms with van der Waals surface area (Å²) in [6.45, 7) is 0.488. The molecule has 0 radical (unpaired) electrons. The first-order valence-corrected chi connectivity index (χ1v) is 12.5. The third-order valence-electron chi connectivity index (χ3n) is 6.59. The molecule has 35 heavy (non-hydrogen) atoms. The number of amides is 3. The van der Waals surface area contributed by atoms with Crippen LogP contribution in [0.1, 0.15) is 48.9 Å². The smallest absolute Gasteiger partial charge is 0.265 e. The van der Waals surface area contributed by atoms with Gasteiger partial charge < -0.3 is 26.0 Å². The van der Waals surface area contributed by atoms with Crippen LogP contribution in [0, 0.1) is 5.92 Å². The van der Waals surface area contributed by atoms with Crippen LogP contribution in [-0.2, 0) is 9.59 Å². The van der Waals surface area contributed by atoms with E-state index in [4.69, 9.17) is 22.1 Å². The van der Waals surface area contributed by atoms with Crippen LogP contribution < -0.4 is 26.0 Å². The number of nitrogens with zero attached hydrogens (tertiary/aromatic N) is 1. The lowest BCUT2D eigenvalue weighted by molar-refractivity contribution is -0.121. The van der Waals surface area contributed by atoms with Crippen molar-refractivity contribution >= 4 is 40.7 Å². The van der Waals surface area contributed by atoms with Crippen molar-refractivity contribution in [2.45, 2.75) is 44.6 Å². The Balaban J connectivity index is 1.65. The van der Waals surface area contributed by atoms with Gasteiger partial charge in [-0.15, -0.1) is 0 Å². The Labute approximate surface area is 210 Å². The van der Waals surface area contributed by atoms with Crippen LogP contribution in [0.5, 0.6) is 5.75 Å². The Morgan fingerprint density at radius 1 is 1.11 bits per heavy atom. The summed E-state index contributed by atoms with van der Waals surface area (Å²) >= 11 is 5.95. The highest BCUT2D eigenvalue weighted by Gasteiger charge is 2.38. The summed E-state index contributed by atoms with van der Waals surface area (Å²) in [6.07, 6.45) is 5.46. The Morgan fingerprint density at radius 2 is 1.86 bits per heavy atom. The van der Waals surface area contributed by atoms with E-state index in [0.29, 0.717) is 40.8 Å². The summed E-state index contributed by atoms with van der Waals surface area (Å²) in [5.41, 5.74) is 6.89. The van der Waals surface area contributed by atoms with Gasteiger partial charge >= 0.3 is 0 Å². The number of carbonyl (C=O) groups excluding carboxylic acids is 3. The predicted octanol–water partition coefficient (Wildman–Crippen LogP) is 3.73. The van der Waals surface area contributed by atoms with E-state index in [1.165, 1.54) is 6.42 Å². The minimum absolute atomic E-state index is 0.171. The number of ether oxygens (including phenoxy) is 1. The number of benzene rings is 2. The molecule has 186 valence electrons. The second-order valence-corrected chi connectivity index (χ2v) is 9.44. The number of nitrogens with two attached hydrogens (primary N) is 1. The fourth-order valence-corrected chi connectivity index (χ4v) is 5.02. The molecule has 1 heterocycles. The number of hydrogen-bond donors (Lipinski definition) is 3. The standard InChI is InChI=1S/C26H31ClN4O4/c27-19-7-9-20(10-8-19)35-16-25(33)31-22-11-6-18(26(34)29-13-12-28)14-21(22)30-24(32)15-23(31)17-4-2-1-3-5-17/h6-11,14,17,23H,1-5,12-13,15-16,28H2,(H,29,34)(H,30,32). The van der Waals surface area contributed by atoms with E-state index < -0.39 is 0 Å². The van der Waals surface area contributed by atoms with Crippen LogP contribution >= 0.6 is 11.6 Å². The summed E-state index contributed by atoms with van der Waals surface area (Å²) in [7, 11) is 0. The van der Waals surface area contributed by atoms with Gasteiger partial charge in [0.25, 0.3) is 11.8 Å². The zero-order chi connectivity index (χ0) is 24.8. The Kier molecular flexibility index (Phi) is 8.25. The summed E-state index contributed by atoms with van der Waals surface area (Å²) in [5.74, 6) is 0.0500. The highest BCUT2D eigenvalue weighted by molar-refractivity contribution is 6.30. The zero-order valence-corrected chi connectivity index (χ0v) is 20.4. The van der Waals surface area contributed by atoms with Crippen LogP contribution in [0.2, 0.25) is 5.02 Å². The predicted molar refractivity (Wildman–Crippen MR) is 136 cm³/mol. The minimum atomic E-state index is -0.287. The fraction of sp³-hybridized carbons (Fsp3) is 0.423. The van der Waals surface area contributed by atoms with Gasteiger partial charge in [0.05, 0.1) is 11.4 Å². The van der Waals surface area contributed by atoms with Crippen molar-refractivity contribution in [1.82, 2.24) is 5.32 Å². The molecule has 9 heteroatoms. The molecule has 1 atom stereocenters. The molecule has 8 nitrogen and oxygen atoms in total. The van der Waals surface area contributed by atoms with E-state index in [1.807, 2.05) is 0 Å². The van der Waals surface area contributed by atoms with E-state index in [1.54, 1.807) is 47.4 Å². The monoisotopic (exact) mass is 498 g/mol. The SMILES string of the molecule is NCCNC(=O)c1ccc2c(c1)NC(=O)CC(C1CCCCC1)N2C(=O)COc1ccc(Cl)cc1. The zero-order valence-electron chi connectivity index (χ0n) is 19.6. The van der Waals surface area contributed by atoms with E-state index in [-0.39, 0.29) is 42.7 Å². The van der Waals surface area contributed by atoms with Crippen LogP contribution in [0.4, 0.5) is 11.4 Å². The average Bonchev–Trinajstić information content (AvgIpc) is 3.02. The number of carbonyl (C=O) groups is 3. The molecule has 0 bridgehead atoms. The lowest BCUT2D eigenvalue weighted by atomic mass is 9.81. The van der Waals surface area contributed by atoms with Gasteiger partial charge in [0.2, 0.25) is 5.91 Å². The summed E-state index contributed by atoms with van der Waals surface area (Å²) in [5, 5.41) is 6.23. The normalized spacial score (nSPS) is 18.3. The van der Waals surface area contributed by atoms with Crippen molar-refractivity contribution in [1.29, 1.82) is 0 Å². The van der Waals surface area contributed by atoms with Crippen molar-refractivity contribution in [3.63, 3.8) is 0 Å². The Hall–Kier alpha value is -3.10. The number of hydrogen-bond acceptors (Lipinski definition) is 5. The summed E-state index contributed by atoms with van der Waals surface area (Å²) < 4.78 is 5.77. The van der Waals surface area contributed by atoms with Gasteiger partial charge in [-0.2, -0.15) is 0 Å². The molecule has 1 saturated carbocycles. The molecule has 1 fully saturated rings. The summed E-state index contributed by atoms with van der Waals surface area (Å²) in [6, 6.07) is 11.6. The third-order valence-corrected chi connectivity index (χ3v) is 6.84. The van der Waals surface area contributed by atoms with Crippen LogP contribution in [0.15, 0.2) is 42.5 Å². The van der Waals surface area contributed by atoms with Crippen molar-refractivity contribution in [3.8, 4) is 5.75 Å². The van der Waals surface area contributed by atoms with Crippen LogP contribution in [0.25, 0.3) is 0 Å². The molecule has 0 spiro atoms. The van der Waals surface area contributed by atoms with Crippen molar-refractivity contribution in [2.75, 3.05) is 29.9 Å². The van der Waals surface area contributed by atoms with E-state index in [2.05, 4.69) is 10.6 Å². The second-order valence-electron chi connectivity index (χ2n) is 9.00. The maximum atomic E-state index is 13.6. The maximum absolute atomic E-state index is 13.6. The average molecular weight is 499 g/mol. The van der Waals surface area contributed by atoms with Crippen molar-refractivity contribution in [2.24, 2.45) is 11.7 Å². The molecule has 4 N–H and O–H groups in total. The van der Waals surface area contributed by atoms with Gasteiger partial charge in [-0.3, -0.25) is 14.4 Å². The topological polar surface area (TPSA) is 114 Å². The molecule has 2 aromatic rings. The number of rotatable bonds is 7. The molecule has 4 rings (SSSR count). The first kappa shape index (κ1) is 25.0. The molecule has 3 amide bonds. The van der Waals surface area contributed by atoms with Crippen molar-refractivity contribution < 1.29 is 19.1 Å². The molecule has 1 unspecified atom stereocenters. The Morgan fingerprint density at radius 3 is 2.57 bits per heavy atom. The second kappa shape index (κ2) is 11.6. The van der Waals surface area contributed by atoms with Crippen molar-refractivity contribution in [3.05, 3.63) is 53.1 Å². The van der Waals surface area contributed by atoms with Gasteiger partial charge in [-0.25, -0.2) is 0 Å². The fourth-order valence-electron chi connectivity index (χ4n) is 4.90. The third kappa shape index (κ3) is 6.13. The van der Waals surface area contributed by atoms with E-state index in [0.717, 1.165) is 25.7 Å². The first-order valence-electron chi connectivity index (χ1n) is 12.1. The molecule has 2 aliphatic rings. The molecule has 1 aliphatic carbocycles. The van der Waals surface area contributed by atoms with Gasteiger partial charge in [-0.1, -0.05) is 30.9 Å². The lowest BCUT2D eigenvalue weighted by Crippen LogP contribution is -2.47. The molecule has 0 saturated heterocycles. The summed E-state index contributed by atoms with van der Waals surface area (Å²) in [4.78, 5) is 40.7. The maximum Gasteiger partial charge on any atom is 0.265 e. The first-order chi connectivity index (χ1) is 17.0. The number of nitrogens with one attached hydrogen (secondary N) is 2. The van der Waals surface area contributed by atoms with Gasteiger partial charge in [0, 0.05) is 36.1 Å². The molecular formula is C26H31ClN4O4. The Bertz CT molecular complexity index is 1070. The molecular weight excluding hydrogens is 468 g/mol. The number of anilines is 2. The molecule has 2 aromatic carbocycles. The highest BCUT2D eigenvalue weighted by Crippen LogP contribution is 2.39. The van der Waals surface area contributed by atoms with Gasteiger partial charge in [0.1, 0.15) is 5.75 Å². The molecule has 1 aliphatic heterocycles. The lowest BCUT2D eigenvalue weighted by Gasteiger charge is -2.37. The number of halogens is 1. The van der Waals surface area contributed by atoms with Gasteiger partial charge in [-0.05, 0) is 61.2 Å². The van der Waals surface area contributed by atoms with E-state index >= 15 is 0 Å². The number of fused-ring (bicyclic) bond motifs is 1. The van der Waals surface area contributed by atoms with Crippen LogP contribution in [0.3, 0.4) is 0 Å². The quantitative estimate of drug-likeness (QED) is 0.538. The highest BCUT2D eigenvalue weighted by atomic mass is 35.5. The largest absolute Gasteiger partial charge is 0.484 e. The van der Waals surface area contributed by atoms with Crippen LogP contribution in [-0.4, -0.2) is 43.5 Å². The minimum Gasteiger partial charge on any atom is -0.484 e. The van der Waals surface area contributed by atoms with Gasteiger partial charge in [0.15, 0.2) is 6.61 Å². The van der Waals surface area contributed by atoms with E-state index in [9.17, 15) is 14.4 Å². The molecule has 0 aromatic heterocycles.